The number of benzene rings is 3. The molecule has 0 aliphatic rings. The molecular formula is C29H25F3N2O7S. The third kappa shape index (κ3) is 6.92. The van der Waals surface area contributed by atoms with Crippen LogP contribution in [-0.4, -0.2) is 51.7 Å². The van der Waals surface area contributed by atoms with Crippen molar-refractivity contribution in [1.29, 1.82) is 0 Å². The van der Waals surface area contributed by atoms with Crippen molar-refractivity contribution in [2.75, 3.05) is 40.4 Å². The first kappa shape index (κ1) is 30.2. The van der Waals surface area contributed by atoms with Crippen molar-refractivity contribution in [3.63, 3.8) is 0 Å². The highest BCUT2D eigenvalue weighted by Gasteiger charge is 2.30. The average Bonchev–Trinajstić information content (AvgIpc) is 3.38. The van der Waals surface area contributed by atoms with Crippen LogP contribution in [0.15, 0.2) is 54.6 Å². The third-order valence-corrected chi connectivity index (χ3v) is 6.84. The zero-order valence-corrected chi connectivity index (χ0v) is 23.6. The van der Waals surface area contributed by atoms with Gasteiger partial charge in [-0.1, -0.05) is 23.5 Å². The van der Waals surface area contributed by atoms with E-state index in [9.17, 15) is 22.8 Å². The number of ketones is 1. The lowest BCUT2D eigenvalue weighted by molar-refractivity contribution is -0.137. The van der Waals surface area contributed by atoms with E-state index in [1.807, 2.05) is 0 Å². The number of aromatic nitrogens is 1. The van der Waals surface area contributed by atoms with E-state index in [2.05, 4.69) is 10.3 Å². The molecular weight excluding hydrogens is 577 g/mol. The van der Waals surface area contributed by atoms with Gasteiger partial charge in [0.25, 0.3) is 5.91 Å². The Kier molecular flexibility index (Phi) is 9.21. The summed E-state index contributed by atoms with van der Waals surface area (Å²) in [6.07, 6.45) is -1.58. The molecule has 0 aliphatic carbocycles. The van der Waals surface area contributed by atoms with Crippen LogP contribution in [0.3, 0.4) is 0 Å². The highest BCUT2D eigenvalue weighted by Crippen LogP contribution is 2.38. The number of halogens is 3. The number of anilines is 1. The van der Waals surface area contributed by atoms with Crippen molar-refractivity contribution in [3.8, 4) is 28.7 Å². The summed E-state index contributed by atoms with van der Waals surface area (Å²) in [6, 6.07) is 11.2. The number of hydrogen-bond acceptors (Lipinski definition) is 9. The van der Waals surface area contributed by atoms with Crippen LogP contribution in [0.4, 0.5) is 18.3 Å². The number of thiazole rings is 1. The Hall–Kier alpha value is -4.78. The molecule has 1 N–H and O–H groups in total. The Balaban J connectivity index is 1.44. The number of ether oxygens (including phenoxy) is 5. The van der Waals surface area contributed by atoms with E-state index >= 15 is 0 Å². The van der Waals surface area contributed by atoms with Gasteiger partial charge >= 0.3 is 6.18 Å². The molecule has 13 heteroatoms. The maximum absolute atomic E-state index is 13.0. The van der Waals surface area contributed by atoms with Gasteiger partial charge in [0.1, 0.15) is 0 Å². The highest BCUT2D eigenvalue weighted by atomic mass is 32.1. The fourth-order valence-corrected chi connectivity index (χ4v) is 4.72. The van der Waals surface area contributed by atoms with E-state index in [4.69, 9.17) is 23.7 Å². The predicted molar refractivity (Wildman–Crippen MR) is 151 cm³/mol. The number of nitrogens with zero attached hydrogens (tertiary/aromatic N) is 1. The van der Waals surface area contributed by atoms with Gasteiger partial charge in [0, 0.05) is 5.56 Å². The molecule has 0 atom stereocenters. The number of carbonyl (C=O) groups excluding carboxylic acids is 2. The average molecular weight is 603 g/mol. The van der Waals surface area contributed by atoms with Crippen molar-refractivity contribution < 1.29 is 46.4 Å². The van der Waals surface area contributed by atoms with Gasteiger partial charge in [-0.3, -0.25) is 14.9 Å². The van der Waals surface area contributed by atoms with E-state index in [1.54, 1.807) is 24.3 Å². The number of hydrogen-bond donors (Lipinski definition) is 1. The first-order chi connectivity index (χ1) is 20.1. The standard InChI is InChI=1S/C29H25F3N2O7S/c1-37-21-9-6-16(5-8-20(35)17-12-23(38-2)27(40-4)24(13-17)39-3)11-22(21)41-15-26(36)34-28-33-19-14-18(29(30,31)32)7-10-25(19)42-28/h5-14H,15H2,1-4H3,(H,33,34,36). The Labute approximate surface area is 242 Å². The summed E-state index contributed by atoms with van der Waals surface area (Å²) < 4.78 is 66.3. The first-order valence-corrected chi connectivity index (χ1v) is 13.0. The SMILES string of the molecule is COc1ccc(C=CC(=O)c2cc(OC)c(OC)c(OC)c2)cc1OCC(=O)Nc1nc2cc(C(F)(F)F)ccc2s1. The van der Waals surface area contributed by atoms with Crippen LogP contribution >= 0.6 is 11.3 Å². The second kappa shape index (κ2) is 12.8. The van der Waals surface area contributed by atoms with E-state index in [1.165, 1.54) is 52.7 Å². The van der Waals surface area contributed by atoms with Gasteiger partial charge in [-0.05, 0) is 54.1 Å². The van der Waals surface area contributed by atoms with Gasteiger partial charge in [-0.25, -0.2) is 4.98 Å². The molecule has 0 saturated carbocycles. The number of rotatable bonds is 11. The summed E-state index contributed by atoms with van der Waals surface area (Å²) in [5.74, 6) is 0.702. The van der Waals surface area contributed by atoms with Gasteiger partial charge in [0.2, 0.25) is 5.75 Å². The molecule has 4 rings (SSSR count). The minimum Gasteiger partial charge on any atom is -0.493 e. The number of allylic oxidation sites excluding steroid dienone is 1. The Morgan fingerprint density at radius 1 is 0.881 bits per heavy atom. The molecule has 0 fully saturated rings. The van der Waals surface area contributed by atoms with Crippen molar-refractivity contribution in [3.05, 3.63) is 71.3 Å². The number of carbonyl (C=O) groups is 2. The Morgan fingerprint density at radius 2 is 1.57 bits per heavy atom. The molecule has 9 nitrogen and oxygen atoms in total. The van der Waals surface area contributed by atoms with Crippen molar-refractivity contribution in [2.24, 2.45) is 0 Å². The van der Waals surface area contributed by atoms with Crippen molar-refractivity contribution >= 4 is 44.5 Å². The first-order valence-electron chi connectivity index (χ1n) is 12.2. The number of fused-ring (bicyclic) bond motifs is 1. The van der Waals surface area contributed by atoms with E-state index in [0.717, 1.165) is 23.5 Å². The second-order valence-corrected chi connectivity index (χ2v) is 9.59. The van der Waals surface area contributed by atoms with Gasteiger partial charge < -0.3 is 23.7 Å². The van der Waals surface area contributed by atoms with E-state index in [0.29, 0.717) is 38.8 Å². The highest BCUT2D eigenvalue weighted by molar-refractivity contribution is 7.22. The number of methoxy groups -OCH3 is 4. The molecule has 42 heavy (non-hydrogen) atoms. The number of amides is 1. The summed E-state index contributed by atoms with van der Waals surface area (Å²) in [7, 11) is 5.80. The van der Waals surface area contributed by atoms with Crippen LogP contribution in [0.25, 0.3) is 16.3 Å². The molecule has 0 saturated heterocycles. The molecule has 3 aromatic carbocycles. The lowest BCUT2D eigenvalue weighted by Gasteiger charge is -2.13. The summed E-state index contributed by atoms with van der Waals surface area (Å²) in [4.78, 5) is 29.5. The zero-order chi connectivity index (χ0) is 30.4. The summed E-state index contributed by atoms with van der Waals surface area (Å²) in [6.45, 7) is -0.433. The number of nitrogens with one attached hydrogen (secondary N) is 1. The third-order valence-electron chi connectivity index (χ3n) is 5.88. The monoisotopic (exact) mass is 602 g/mol. The van der Waals surface area contributed by atoms with Crippen LogP contribution in [0.1, 0.15) is 21.5 Å². The van der Waals surface area contributed by atoms with Gasteiger partial charge in [0.15, 0.2) is 40.5 Å². The molecule has 4 aromatic rings. The van der Waals surface area contributed by atoms with Crippen LogP contribution in [0.2, 0.25) is 0 Å². The molecule has 0 bridgehead atoms. The maximum Gasteiger partial charge on any atom is 0.416 e. The zero-order valence-electron chi connectivity index (χ0n) is 22.8. The van der Waals surface area contributed by atoms with Gasteiger partial charge in [-0.2, -0.15) is 13.2 Å². The lowest BCUT2D eigenvalue weighted by Crippen LogP contribution is -2.20. The Bertz CT molecular complexity index is 1630. The molecule has 220 valence electrons. The van der Waals surface area contributed by atoms with Gasteiger partial charge in [-0.15, -0.1) is 0 Å². The summed E-state index contributed by atoms with van der Waals surface area (Å²) in [5.41, 5.74) is 0.187. The topological polar surface area (TPSA) is 105 Å². The van der Waals surface area contributed by atoms with Crippen molar-refractivity contribution in [2.45, 2.75) is 6.18 Å². The smallest absolute Gasteiger partial charge is 0.416 e. The predicted octanol–water partition coefficient (Wildman–Crippen LogP) is 6.26. The molecule has 0 radical (unpaired) electrons. The quantitative estimate of drug-likeness (QED) is 0.158. The fraction of sp³-hybridized carbons (Fsp3) is 0.207. The van der Waals surface area contributed by atoms with Crippen LogP contribution in [0.5, 0.6) is 28.7 Å². The summed E-state index contributed by atoms with van der Waals surface area (Å²) >= 11 is 1.04. The van der Waals surface area contributed by atoms with Gasteiger partial charge in [0.05, 0.1) is 44.2 Å². The lowest BCUT2D eigenvalue weighted by atomic mass is 10.1. The van der Waals surface area contributed by atoms with E-state index < -0.39 is 24.3 Å². The van der Waals surface area contributed by atoms with Crippen LogP contribution in [-0.2, 0) is 11.0 Å². The van der Waals surface area contributed by atoms with Crippen LogP contribution in [0, 0.1) is 0 Å². The molecule has 1 aromatic heterocycles. The molecule has 0 aliphatic heterocycles. The molecule has 0 unspecified atom stereocenters. The molecule has 0 spiro atoms. The molecule has 1 amide bonds. The van der Waals surface area contributed by atoms with Crippen molar-refractivity contribution in [1.82, 2.24) is 4.98 Å². The second-order valence-electron chi connectivity index (χ2n) is 8.56. The molecule has 1 heterocycles. The Morgan fingerprint density at radius 3 is 2.19 bits per heavy atom. The van der Waals surface area contributed by atoms with E-state index in [-0.39, 0.29) is 22.2 Å². The number of alkyl halides is 3. The summed E-state index contributed by atoms with van der Waals surface area (Å²) in [5, 5.41) is 2.66. The normalized spacial score (nSPS) is 11.4. The minimum absolute atomic E-state index is 0.119. The minimum atomic E-state index is -4.50. The maximum atomic E-state index is 13.0. The van der Waals surface area contributed by atoms with Crippen LogP contribution < -0.4 is 29.0 Å². The fourth-order valence-electron chi connectivity index (χ4n) is 3.86. The largest absolute Gasteiger partial charge is 0.493 e.